The van der Waals surface area contributed by atoms with Gasteiger partial charge in [-0.05, 0) is 39.3 Å². The number of ether oxygens (including phenoxy) is 3. The van der Waals surface area contributed by atoms with Crippen LogP contribution >= 0.6 is 0 Å². The van der Waals surface area contributed by atoms with Crippen LogP contribution in [0.2, 0.25) is 0 Å². The van der Waals surface area contributed by atoms with Crippen LogP contribution in [0, 0.1) is 13.8 Å². The summed E-state index contributed by atoms with van der Waals surface area (Å²) in [5.41, 5.74) is -1.04. The van der Waals surface area contributed by atoms with E-state index in [0.29, 0.717) is 5.56 Å². The van der Waals surface area contributed by atoms with E-state index in [9.17, 15) is 24.9 Å². The van der Waals surface area contributed by atoms with Gasteiger partial charge < -0.3 is 29.5 Å². The van der Waals surface area contributed by atoms with Gasteiger partial charge in [-0.25, -0.2) is 4.79 Å². The summed E-state index contributed by atoms with van der Waals surface area (Å²) in [5.74, 6) is -2.00. The van der Waals surface area contributed by atoms with Gasteiger partial charge in [0.15, 0.2) is 6.10 Å². The normalized spacial score (nSPS) is 25.5. The molecule has 1 aromatic rings. The lowest BCUT2D eigenvalue weighted by Crippen LogP contribution is -2.61. The molecule has 0 bridgehead atoms. The van der Waals surface area contributed by atoms with Gasteiger partial charge in [-0.15, -0.1) is 0 Å². The number of methoxy groups -OCH3 is 2. The Kier molecular flexibility index (Phi) is 5.53. The van der Waals surface area contributed by atoms with Gasteiger partial charge in [-0.3, -0.25) is 4.79 Å². The number of aromatic hydroxyl groups is 1. The molecule has 1 aromatic carbocycles. The Bertz CT molecular complexity index is 825. The van der Waals surface area contributed by atoms with Crippen LogP contribution in [0.3, 0.4) is 0 Å². The van der Waals surface area contributed by atoms with Crippen molar-refractivity contribution in [1.29, 1.82) is 0 Å². The lowest BCUT2D eigenvalue weighted by Gasteiger charge is -2.42. The van der Waals surface area contributed by atoms with Crippen LogP contribution in [0.15, 0.2) is 17.4 Å². The van der Waals surface area contributed by atoms with E-state index in [1.165, 1.54) is 41.1 Å². The molecular formula is C19H24O8. The Morgan fingerprint density at radius 2 is 1.78 bits per heavy atom. The molecule has 8 nitrogen and oxygen atoms in total. The summed E-state index contributed by atoms with van der Waals surface area (Å²) in [4.78, 5) is 25.0. The number of phenolic OH excluding ortho intramolecular Hbond substituents is 1. The van der Waals surface area contributed by atoms with Crippen molar-refractivity contribution in [2.24, 2.45) is 0 Å². The minimum absolute atomic E-state index is 0.0463. The van der Waals surface area contributed by atoms with E-state index < -0.39 is 35.3 Å². The Labute approximate surface area is 157 Å². The number of esters is 1. The van der Waals surface area contributed by atoms with Gasteiger partial charge in [-0.1, -0.05) is 0 Å². The zero-order valence-corrected chi connectivity index (χ0v) is 16.1. The van der Waals surface area contributed by atoms with Crippen molar-refractivity contribution < 1.29 is 39.1 Å². The maximum absolute atomic E-state index is 12.8. The molecule has 1 aliphatic rings. The monoisotopic (exact) mass is 380 g/mol. The van der Waals surface area contributed by atoms with E-state index in [0.717, 1.165) is 0 Å². The molecule has 8 heteroatoms. The molecule has 0 saturated carbocycles. The van der Waals surface area contributed by atoms with E-state index in [1.54, 1.807) is 6.92 Å². The van der Waals surface area contributed by atoms with E-state index >= 15 is 0 Å². The lowest BCUT2D eigenvalue weighted by molar-refractivity contribution is -0.165. The first-order chi connectivity index (χ1) is 12.5. The number of hydrogen-bond acceptors (Lipinski definition) is 8. The van der Waals surface area contributed by atoms with Crippen LogP contribution in [-0.4, -0.2) is 59.1 Å². The standard InChI is InChI=1S/C19H24O8/c1-8-7-11(20)9(2)15(12(8)18(24)25-5)27-17-14(22)10(3)13(21)16(23)19(17,4)26-6/h7,16-17,20-21,23H,1-6H3/t16-,17+,19-/m0/s1. The van der Waals surface area contributed by atoms with Gasteiger partial charge in [0.05, 0.1) is 7.11 Å². The lowest BCUT2D eigenvalue weighted by atomic mass is 9.79. The molecule has 3 N–H and O–H groups in total. The smallest absolute Gasteiger partial charge is 0.341 e. The Hall–Kier alpha value is -2.58. The summed E-state index contributed by atoms with van der Waals surface area (Å²) < 4.78 is 16.0. The van der Waals surface area contributed by atoms with Gasteiger partial charge >= 0.3 is 5.97 Å². The first-order valence-corrected chi connectivity index (χ1v) is 8.26. The summed E-state index contributed by atoms with van der Waals surface area (Å²) in [6.45, 7) is 5.87. The number of rotatable bonds is 4. The van der Waals surface area contributed by atoms with Gasteiger partial charge in [-0.2, -0.15) is 0 Å². The van der Waals surface area contributed by atoms with Crippen LogP contribution in [0.4, 0.5) is 0 Å². The van der Waals surface area contributed by atoms with Crippen LogP contribution in [0.5, 0.6) is 11.5 Å². The fourth-order valence-electron chi connectivity index (χ4n) is 3.08. The van der Waals surface area contributed by atoms with E-state index in [-0.39, 0.29) is 28.2 Å². The highest BCUT2D eigenvalue weighted by Crippen LogP contribution is 2.40. The SMILES string of the molecule is COC(=O)c1c(C)cc(O)c(C)c1O[C@@H]1C(=O)C(C)=C(O)[C@H](O)[C@]1(C)OC. The highest BCUT2D eigenvalue weighted by molar-refractivity contribution is 6.02. The van der Waals surface area contributed by atoms with Crippen molar-refractivity contribution in [3.8, 4) is 11.5 Å². The number of carbonyl (C=O) groups excluding carboxylic acids is 2. The first-order valence-electron chi connectivity index (χ1n) is 8.26. The molecule has 0 aromatic heterocycles. The number of phenols is 1. The first kappa shape index (κ1) is 20.7. The number of aryl methyl sites for hydroxylation is 1. The molecule has 0 aliphatic heterocycles. The van der Waals surface area contributed by atoms with Gasteiger partial charge in [0.2, 0.25) is 5.78 Å². The van der Waals surface area contributed by atoms with Crippen molar-refractivity contribution >= 4 is 11.8 Å². The van der Waals surface area contributed by atoms with Crippen LogP contribution in [0.25, 0.3) is 0 Å². The maximum atomic E-state index is 12.8. The zero-order valence-electron chi connectivity index (χ0n) is 16.1. The maximum Gasteiger partial charge on any atom is 0.341 e. The molecule has 0 saturated heterocycles. The summed E-state index contributed by atoms with van der Waals surface area (Å²) in [5, 5.41) is 30.6. The van der Waals surface area contributed by atoms with Gasteiger partial charge in [0, 0.05) is 18.2 Å². The largest absolute Gasteiger partial charge is 0.509 e. The average molecular weight is 380 g/mol. The highest BCUT2D eigenvalue weighted by atomic mass is 16.6. The fourth-order valence-corrected chi connectivity index (χ4v) is 3.08. The van der Waals surface area contributed by atoms with Crippen molar-refractivity contribution in [1.82, 2.24) is 0 Å². The van der Waals surface area contributed by atoms with Crippen molar-refractivity contribution in [2.75, 3.05) is 14.2 Å². The second kappa shape index (κ2) is 7.21. The van der Waals surface area contributed by atoms with Crippen molar-refractivity contribution in [3.63, 3.8) is 0 Å². The third-order valence-electron chi connectivity index (χ3n) is 5.08. The van der Waals surface area contributed by atoms with Gasteiger partial charge in [0.1, 0.15) is 34.5 Å². The quantitative estimate of drug-likeness (QED) is 0.675. The summed E-state index contributed by atoms with van der Waals surface area (Å²) in [6.07, 6.45) is -2.90. The Balaban J connectivity index is 2.68. The number of Topliss-reactive ketones (excluding diaryl/α,β-unsaturated/α-hetero) is 1. The second-order valence-electron chi connectivity index (χ2n) is 6.70. The Morgan fingerprint density at radius 1 is 1.19 bits per heavy atom. The van der Waals surface area contributed by atoms with Crippen LogP contribution < -0.4 is 4.74 Å². The molecule has 0 radical (unpaired) electrons. The molecule has 0 heterocycles. The highest BCUT2D eigenvalue weighted by Gasteiger charge is 2.54. The minimum Gasteiger partial charge on any atom is -0.509 e. The van der Waals surface area contributed by atoms with Crippen molar-refractivity contribution in [2.45, 2.75) is 45.5 Å². The molecular weight excluding hydrogens is 356 g/mol. The molecule has 3 atom stereocenters. The predicted octanol–water partition coefficient (Wildman–Crippen LogP) is 1.72. The number of aliphatic hydroxyl groups is 2. The topological polar surface area (TPSA) is 123 Å². The van der Waals surface area contributed by atoms with E-state index in [1.807, 2.05) is 0 Å². The summed E-state index contributed by atoms with van der Waals surface area (Å²) >= 11 is 0. The number of hydrogen-bond donors (Lipinski definition) is 3. The predicted molar refractivity (Wildman–Crippen MR) is 95.1 cm³/mol. The molecule has 0 amide bonds. The number of benzene rings is 1. The minimum atomic E-state index is -1.63. The van der Waals surface area contributed by atoms with E-state index in [2.05, 4.69) is 0 Å². The van der Waals surface area contributed by atoms with Crippen LogP contribution in [0.1, 0.15) is 35.3 Å². The molecule has 0 fully saturated rings. The van der Waals surface area contributed by atoms with Crippen LogP contribution in [-0.2, 0) is 14.3 Å². The number of aliphatic hydroxyl groups excluding tert-OH is 2. The van der Waals surface area contributed by atoms with Gasteiger partial charge in [0.25, 0.3) is 0 Å². The molecule has 27 heavy (non-hydrogen) atoms. The average Bonchev–Trinajstić information content (AvgIpc) is 2.65. The molecule has 0 unspecified atom stereocenters. The third-order valence-corrected chi connectivity index (χ3v) is 5.08. The van der Waals surface area contributed by atoms with Crippen molar-refractivity contribution in [3.05, 3.63) is 34.1 Å². The number of ketones is 1. The zero-order chi connectivity index (χ0) is 20.7. The summed E-state index contributed by atoms with van der Waals surface area (Å²) in [7, 11) is 2.47. The molecule has 148 valence electrons. The fraction of sp³-hybridized carbons (Fsp3) is 0.474. The molecule has 0 spiro atoms. The Morgan fingerprint density at radius 3 is 2.30 bits per heavy atom. The molecule has 1 aliphatic carbocycles. The number of carbonyl (C=O) groups is 2. The third kappa shape index (κ3) is 3.15. The van der Waals surface area contributed by atoms with E-state index in [4.69, 9.17) is 14.2 Å². The summed E-state index contributed by atoms with van der Waals surface area (Å²) in [6, 6.07) is 1.39. The second-order valence-corrected chi connectivity index (χ2v) is 6.70. The molecule has 2 rings (SSSR count).